The Morgan fingerprint density at radius 3 is 2.47 bits per heavy atom. The van der Waals surface area contributed by atoms with Gasteiger partial charge >= 0.3 is 0 Å². The second kappa shape index (κ2) is 5.29. The Balaban J connectivity index is 2.09. The van der Waals surface area contributed by atoms with Gasteiger partial charge in [-0.15, -0.1) is 0 Å². The molecule has 15 heavy (non-hydrogen) atoms. The highest BCUT2D eigenvalue weighted by Crippen LogP contribution is 2.29. The number of benzene rings is 1. The minimum atomic E-state index is 0.549. The molecule has 1 aliphatic rings. The maximum atomic E-state index is 5.92. The average Bonchev–Trinajstić information content (AvgIpc) is 2.33. The van der Waals surface area contributed by atoms with Crippen molar-refractivity contribution in [2.75, 3.05) is 19.6 Å². The molecule has 82 valence electrons. The van der Waals surface area contributed by atoms with E-state index in [0.717, 1.165) is 25.6 Å². The van der Waals surface area contributed by atoms with Gasteiger partial charge in [-0.2, -0.15) is 0 Å². The highest BCUT2D eigenvalue weighted by molar-refractivity contribution is 5.20. The molecule has 0 radical (unpaired) electrons. The topological polar surface area (TPSA) is 38.0 Å². The van der Waals surface area contributed by atoms with Gasteiger partial charge in [0.25, 0.3) is 0 Å². The average molecular weight is 204 g/mol. The summed E-state index contributed by atoms with van der Waals surface area (Å²) in [4.78, 5) is 0. The van der Waals surface area contributed by atoms with E-state index in [1.54, 1.807) is 0 Å². The van der Waals surface area contributed by atoms with Crippen molar-refractivity contribution in [2.24, 2.45) is 11.7 Å². The monoisotopic (exact) mass is 204 g/mol. The lowest BCUT2D eigenvalue weighted by molar-refractivity contribution is 0.321. The Morgan fingerprint density at radius 2 is 1.87 bits per heavy atom. The second-order valence-electron chi connectivity index (χ2n) is 4.34. The van der Waals surface area contributed by atoms with Crippen LogP contribution in [-0.4, -0.2) is 19.6 Å². The number of nitrogens with one attached hydrogen (secondary N) is 1. The standard InChI is InChI=1S/C13H20N2/c14-10-13(11-4-2-1-3-5-11)12-6-8-15-9-7-12/h1-5,12-13,15H,6-10,14H2. The minimum Gasteiger partial charge on any atom is -0.330 e. The highest BCUT2D eigenvalue weighted by atomic mass is 14.9. The molecule has 1 aromatic carbocycles. The predicted molar refractivity (Wildman–Crippen MR) is 63.8 cm³/mol. The summed E-state index contributed by atoms with van der Waals surface area (Å²) < 4.78 is 0. The van der Waals surface area contributed by atoms with Crippen LogP contribution in [0.3, 0.4) is 0 Å². The van der Waals surface area contributed by atoms with Crippen LogP contribution in [-0.2, 0) is 0 Å². The van der Waals surface area contributed by atoms with E-state index in [9.17, 15) is 0 Å². The molecule has 0 aliphatic carbocycles. The van der Waals surface area contributed by atoms with Crippen molar-refractivity contribution in [3.8, 4) is 0 Å². The first-order valence-electron chi connectivity index (χ1n) is 5.87. The lowest BCUT2D eigenvalue weighted by Gasteiger charge is -2.30. The van der Waals surface area contributed by atoms with Gasteiger partial charge in [-0.1, -0.05) is 30.3 Å². The number of nitrogens with two attached hydrogens (primary N) is 1. The molecular weight excluding hydrogens is 184 g/mol. The zero-order valence-electron chi connectivity index (χ0n) is 9.15. The fraction of sp³-hybridized carbons (Fsp3) is 0.538. The van der Waals surface area contributed by atoms with E-state index in [2.05, 4.69) is 35.6 Å². The van der Waals surface area contributed by atoms with Gasteiger partial charge in [0.1, 0.15) is 0 Å². The van der Waals surface area contributed by atoms with Crippen molar-refractivity contribution in [3.05, 3.63) is 35.9 Å². The first-order chi connectivity index (χ1) is 7.42. The van der Waals surface area contributed by atoms with E-state index in [1.807, 2.05) is 0 Å². The van der Waals surface area contributed by atoms with Crippen LogP contribution >= 0.6 is 0 Å². The molecule has 1 aliphatic heterocycles. The molecule has 0 amide bonds. The molecule has 1 atom stereocenters. The van der Waals surface area contributed by atoms with Crippen LogP contribution in [0.15, 0.2) is 30.3 Å². The number of hydrogen-bond donors (Lipinski definition) is 2. The maximum Gasteiger partial charge on any atom is -0.000555 e. The minimum absolute atomic E-state index is 0.549. The molecule has 0 bridgehead atoms. The molecule has 3 N–H and O–H groups in total. The molecular formula is C13H20N2. The molecule has 2 rings (SSSR count). The first kappa shape index (κ1) is 10.7. The van der Waals surface area contributed by atoms with Crippen molar-refractivity contribution in [3.63, 3.8) is 0 Å². The van der Waals surface area contributed by atoms with Gasteiger partial charge in [0.05, 0.1) is 0 Å². The van der Waals surface area contributed by atoms with E-state index in [1.165, 1.54) is 18.4 Å². The summed E-state index contributed by atoms with van der Waals surface area (Å²) in [6.07, 6.45) is 2.52. The summed E-state index contributed by atoms with van der Waals surface area (Å²) in [5.74, 6) is 1.31. The Hall–Kier alpha value is -0.860. The summed E-state index contributed by atoms with van der Waals surface area (Å²) in [5, 5.41) is 3.40. The quantitative estimate of drug-likeness (QED) is 0.787. The molecule has 0 saturated carbocycles. The van der Waals surface area contributed by atoms with Gasteiger partial charge in [0, 0.05) is 0 Å². The van der Waals surface area contributed by atoms with Crippen LogP contribution in [0.2, 0.25) is 0 Å². The van der Waals surface area contributed by atoms with Crippen LogP contribution in [0.4, 0.5) is 0 Å². The van der Waals surface area contributed by atoms with Gasteiger partial charge in [-0.3, -0.25) is 0 Å². The van der Waals surface area contributed by atoms with E-state index in [0.29, 0.717) is 5.92 Å². The zero-order chi connectivity index (χ0) is 10.5. The largest absolute Gasteiger partial charge is 0.330 e. The first-order valence-corrected chi connectivity index (χ1v) is 5.87. The summed E-state index contributed by atoms with van der Waals surface area (Å²) in [7, 11) is 0. The molecule has 2 nitrogen and oxygen atoms in total. The van der Waals surface area contributed by atoms with Crippen LogP contribution in [0.25, 0.3) is 0 Å². The fourth-order valence-electron chi connectivity index (χ4n) is 2.55. The lowest BCUT2D eigenvalue weighted by Crippen LogP contribution is -2.33. The third-order valence-electron chi connectivity index (χ3n) is 3.43. The number of piperidine rings is 1. The molecule has 1 saturated heterocycles. The van der Waals surface area contributed by atoms with E-state index >= 15 is 0 Å². The zero-order valence-corrected chi connectivity index (χ0v) is 9.15. The smallest absolute Gasteiger partial charge is 0.000555 e. The SMILES string of the molecule is NCC(c1ccccc1)C1CCNCC1. The summed E-state index contributed by atoms with van der Waals surface area (Å²) >= 11 is 0. The molecule has 1 aromatic rings. The summed E-state index contributed by atoms with van der Waals surface area (Å²) in [6.45, 7) is 3.07. The van der Waals surface area contributed by atoms with E-state index in [4.69, 9.17) is 5.73 Å². The van der Waals surface area contributed by atoms with E-state index < -0.39 is 0 Å². The molecule has 1 unspecified atom stereocenters. The van der Waals surface area contributed by atoms with Crippen LogP contribution in [0, 0.1) is 5.92 Å². The van der Waals surface area contributed by atoms with Gasteiger partial charge in [0.2, 0.25) is 0 Å². The number of hydrogen-bond acceptors (Lipinski definition) is 2. The molecule has 0 spiro atoms. The Kier molecular flexibility index (Phi) is 3.75. The lowest BCUT2D eigenvalue weighted by atomic mass is 9.80. The van der Waals surface area contributed by atoms with Gasteiger partial charge < -0.3 is 11.1 Å². The maximum absolute atomic E-state index is 5.92. The molecule has 0 aromatic heterocycles. The Morgan fingerprint density at radius 1 is 1.20 bits per heavy atom. The Labute approximate surface area is 91.9 Å². The molecule has 2 heteroatoms. The van der Waals surface area contributed by atoms with Crippen LogP contribution in [0.1, 0.15) is 24.3 Å². The second-order valence-corrected chi connectivity index (χ2v) is 4.34. The normalized spacial score (nSPS) is 20.1. The van der Waals surface area contributed by atoms with Crippen molar-refractivity contribution in [2.45, 2.75) is 18.8 Å². The van der Waals surface area contributed by atoms with Gasteiger partial charge in [-0.05, 0) is 49.9 Å². The van der Waals surface area contributed by atoms with Gasteiger partial charge in [0.15, 0.2) is 0 Å². The van der Waals surface area contributed by atoms with Crippen LogP contribution < -0.4 is 11.1 Å². The van der Waals surface area contributed by atoms with Crippen molar-refractivity contribution in [1.82, 2.24) is 5.32 Å². The number of rotatable bonds is 3. The van der Waals surface area contributed by atoms with Crippen molar-refractivity contribution < 1.29 is 0 Å². The highest BCUT2D eigenvalue weighted by Gasteiger charge is 2.23. The van der Waals surface area contributed by atoms with E-state index in [-0.39, 0.29) is 0 Å². The van der Waals surface area contributed by atoms with Crippen LogP contribution in [0.5, 0.6) is 0 Å². The third kappa shape index (κ3) is 2.58. The Bertz CT molecular complexity index is 278. The van der Waals surface area contributed by atoms with Crippen molar-refractivity contribution in [1.29, 1.82) is 0 Å². The third-order valence-corrected chi connectivity index (χ3v) is 3.43. The summed E-state index contributed by atoms with van der Waals surface area (Å²) in [5.41, 5.74) is 7.32. The van der Waals surface area contributed by atoms with Gasteiger partial charge in [-0.25, -0.2) is 0 Å². The summed E-state index contributed by atoms with van der Waals surface area (Å²) in [6, 6.07) is 10.7. The molecule has 1 heterocycles. The fourth-order valence-corrected chi connectivity index (χ4v) is 2.55. The predicted octanol–water partition coefficient (Wildman–Crippen LogP) is 1.73. The molecule has 1 fully saturated rings. The van der Waals surface area contributed by atoms with Crippen molar-refractivity contribution >= 4 is 0 Å².